The van der Waals surface area contributed by atoms with E-state index in [-0.39, 0.29) is 4.90 Å². The van der Waals surface area contributed by atoms with E-state index < -0.39 is 21.9 Å². The lowest BCUT2D eigenvalue weighted by Gasteiger charge is -2.09. The third-order valence-electron chi connectivity index (χ3n) is 1.96. The van der Waals surface area contributed by atoms with Crippen molar-refractivity contribution in [2.45, 2.75) is 24.8 Å². The number of hydrogen-bond donors (Lipinski definition) is 1. The van der Waals surface area contributed by atoms with E-state index in [9.17, 15) is 12.8 Å². The first kappa shape index (κ1) is 12.7. The van der Waals surface area contributed by atoms with Crippen LogP contribution in [0.4, 0.5) is 4.39 Å². The molecule has 0 aliphatic rings. The summed E-state index contributed by atoms with van der Waals surface area (Å²) >= 11 is 0. The van der Waals surface area contributed by atoms with Crippen LogP contribution in [0.25, 0.3) is 0 Å². The van der Waals surface area contributed by atoms with Crippen LogP contribution < -0.4 is 4.72 Å². The quantitative estimate of drug-likeness (QED) is 0.814. The zero-order chi connectivity index (χ0) is 12.3. The molecule has 16 heavy (non-hydrogen) atoms. The normalized spacial score (nSPS) is 13.1. The maximum absolute atomic E-state index is 13.4. The highest BCUT2D eigenvalue weighted by Crippen LogP contribution is 2.15. The highest BCUT2D eigenvalue weighted by Gasteiger charge is 2.20. The van der Waals surface area contributed by atoms with Gasteiger partial charge in [0.25, 0.3) is 0 Å². The number of hydrogen-bond acceptors (Lipinski definition) is 2. The van der Waals surface area contributed by atoms with Gasteiger partial charge in [-0.1, -0.05) is 12.0 Å². The van der Waals surface area contributed by atoms with Gasteiger partial charge in [-0.05, 0) is 31.5 Å². The van der Waals surface area contributed by atoms with E-state index in [1.54, 1.807) is 6.92 Å². The molecule has 0 bridgehead atoms. The Morgan fingerprint density at radius 1 is 1.50 bits per heavy atom. The molecule has 1 rings (SSSR count). The summed E-state index contributed by atoms with van der Waals surface area (Å²) in [7, 11) is -3.89. The summed E-state index contributed by atoms with van der Waals surface area (Å²) in [6.45, 7) is 3.18. The smallest absolute Gasteiger partial charge is 0.207 e. The molecular formula is C11H12FNO2S. The lowest BCUT2D eigenvalue weighted by molar-refractivity contribution is 0.554. The average molecular weight is 241 g/mol. The van der Waals surface area contributed by atoms with Gasteiger partial charge in [-0.2, -0.15) is 4.72 Å². The summed E-state index contributed by atoms with van der Waals surface area (Å²) < 4.78 is 39.0. The molecular weight excluding hydrogens is 229 g/mol. The highest BCUT2D eigenvalue weighted by atomic mass is 32.2. The van der Waals surface area contributed by atoms with Crippen LogP contribution in [-0.2, 0) is 10.0 Å². The van der Waals surface area contributed by atoms with Crippen LogP contribution in [0.1, 0.15) is 12.5 Å². The van der Waals surface area contributed by atoms with Crippen LogP contribution in [0.3, 0.4) is 0 Å². The summed E-state index contributed by atoms with van der Waals surface area (Å²) in [6, 6.07) is 3.23. The van der Waals surface area contributed by atoms with E-state index in [2.05, 4.69) is 10.6 Å². The van der Waals surface area contributed by atoms with Crippen LogP contribution in [0.15, 0.2) is 23.1 Å². The standard InChI is InChI=1S/C11H12FNO2S/c1-4-9(3)13-16(14,15)11-6-5-8(2)7-10(11)12/h1,5-7,9,13H,2-3H3/t9-/m0/s1. The minimum Gasteiger partial charge on any atom is -0.207 e. The first-order valence-electron chi connectivity index (χ1n) is 4.61. The molecule has 0 aliphatic carbocycles. The number of rotatable bonds is 3. The molecule has 1 atom stereocenters. The van der Waals surface area contributed by atoms with E-state index in [0.29, 0.717) is 5.56 Å². The van der Waals surface area contributed by atoms with E-state index in [0.717, 1.165) is 6.07 Å². The number of aryl methyl sites for hydroxylation is 1. The van der Waals surface area contributed by atoms with Crippen LogP contribution in [0.5, 0.6) is 0 Å². The number of terminal acetylenes is 1. The molecule has 0 amide bonds. The monoisotopic (exact) mass is 241 g/mol. The van der Waals surface area contributed by atoms with E-state index >= 15 is 0 Å². The Bertz CT molecular complexity index is 531. The minimum absolute atomic E-state index is 0.389. The van der Waals surface area contributed by atoms with Gasteiger partial charge in [-0.25, -0.2) is 12.8 Å². The van der Waals surface area contributed by atoms with Gasteiger partial charge in [0.2, 0.25) is 10.0 Å². The fourth-order valence-electron chi connectivity index (χ4n) is 1.15. The molecule has 0 aromatic heterocycles. The highest BCUT2D eigenvalue weighted by molar-refractivity contribution is 7.89. The van der Waals surface area contributed by atoms with Crippen LogP contribution >= 0.6 is 0 Å². The average Bonchev–Trinajstić information content (AvgIpc) is 2.16. The van der Waals surface area contributed by atoms with Gasteiger partial charge in [0.15, 0.2) is 0 Å². The molecule has 0 aliphatic heterocycles. The molecule has 0 saturated carbocycles. The molecule has 1 aromatic carbocycles. The fourth-order valence-corrected chi connectivity index (χ4v) is 2.38. The molecule has 0 spiro atoms. The first-order valence-corrected chi connectivity index (χ1v) is 6.10. The van der Waals surface area contributed by atoms with Crippen LogP contribution in [0, 0.1) is 25.1 Å². The molecule has 0 radical (unpaired) electrons. The largest absolute Gasteiger partial charge is 0.244 e. The van der Waals surface area contributed by atoms with E-state index in [1.165, 1.54) is 19.1 Å². The van der Waals surface area contributed by atoms with Crippen molar-refractivity contribution in [2.75, 3.05) is 0 Å². The van der Waals surface area contributed by atoms with Crippen molar-refractivity contribution >= 4 is 10.0 Å². The Morgan fingerprint density at radius 2 is 2.12 bits per heavy atom. The molecule has 0 saturated heterocycles. The SMILES string of the molecule is C#C[C@H](C)NS(=O)(=O)c1ccc(C)cc1F. The second-order valence-electron chi connectivity index (χ2n) is 3.44. The van der Waals surface area contributed by atoms with E-state index in [1.807, 2.05) is 0 Å². The predicted octanol–water partition coefficient (Wildman–Crippen LogP) is 1.43. The Hall–Kier alpha value is -1.38. The Labute approximate surface area is 94.7 Å². The third kappa shape index (κ3) is 2.81. The molecule has 3 nitrogen and oxygen atoms in total. The van der Waals surface area contributed by atoms with Gasteiger partial charge in [-0.15, -0.1) is 6.42 Å². The van der Waals surface area contributed by atoms with Gasteiger partial charge in [0.1, 0.15) is 10.7 Å². The maximum Gasteiger partial charge on any atom is 0.244 e. The Kier molecular flexibility index (Phi) is 3.68. The van der Waals surface area contributed by atoms with Crippen molar-refractivity contribution in [1.82, 2.24) is 4.72 Å². The molecule has 5 heteroatoms. The zero-order valence-electron chi connectivity index (χ0n) is 8.99. The van der Waals surface area contributed by atoms with Crippen molar-refractivity contribution in [3.05, 3.63) is 29.6 Å². The van der Waals surface area contributed by atoms with Crippen molar-refractivity contribution < 1.29 is 12.8 Å². The molecule has 1 aromatic rings. The number of benzene rings is 1. The van der Waals surface area contributed by atoms with Crippen LogP contribution in [-0.4, -0.2) is 14.5 Å². The predicted molar refractivity (Wildman–Crippen MR) is 59.8 cm³/mol. The number of nitrogens with one attached hydrogen (secondary N) is 1. The second kappa shape index (κ2) is 4.64. The van der Waals surface area contributed by atoms with Gasteiger partial charge < -0.3 is 0 Å². The fraction of sp³-hybridized carbons (Fsp3) is 0.273. The van der Waals surface area contributed by atoms with Gasteiger partial charge in [-0.3, -0.25) is 0 Å². The summed E-state index contributed by atoms with van der Waals surface area (Å²) in [4.78, 5) is -0.389. The van der Waals surface area contributed by atoms with Gasteiger partial charge in [0.05, 0.1) is 6.04 Å². The molecule has 1 N–H and O–H groups in total. The van der Waals surface area contributed by atoms with Crippen molar-refractivity contribution in [2.24, 2.45) is 0 Å². The minimum atomic E-state index is -3.89. The van der Waals surface area contributed by atoms with E-state index in [4.69, 9.17) is 6.42 Å². The number of halogens is 1. The second-order valence-corrected chi connectivity index (χ2v) is 5.13. The first-order chi connectivity index (χ1) is 7.36. The lowest BCUT2D eigenvalue weighted by atomic mass is 10.2. The maximum atomic E-state index is 13.4. The molecule has 0 fully saturated rings. The zero-order valence-corrected chi connectivity index (χ0v) is 9.81. The summed E-state index contributed by atoms with van der Waals surface area (Å²) in [5.41, 5.74) is 0.654. The number of sulfonamides is 1. The topological polar surface area (TPSA) is 46.2 Å². The summed E-state index contributed by atoms with van der Waals surface area (Å²) in [5.74, 6) is 1.43. The van der Waals surface area contributed by atoms with Gasteiger partial charge in [0, 0.05) is 0 Å². The lowest BCUT2D eigenvalue weighted by Crippen LogP contribution is -2.31. The van der Waals surface area contributed by atoms with Crippen molar-refractivity contribution in [3.8, 4) is 12.3 Å². The van der Waals surface area contributed by atoms with Crippen molar-refractivity contribution in [3.63, 3.8) is 0 Å². The Balaban J connectivity index is 3.14. The van der Waals surface area contributed by atoms with Crippen LogP contribution in [0.2, 0.25) is 0 Å². The van der Waals surface area contributed by atoms with Crippen molar-refractivity contribution in [1.29, 1.82) is 0 Å². The van der Waals surface area contributed by atoms with Gasteiger partial charge >= 0.3 is 0 Å². The Morgan fingerprint density at radius 3 is 2.62 bits per heavy atom. The summed E-state index contributed by atoms with van der Waals surface area (Å²) in [6.07, 6.45) is 5.05. The molecule has 86 valence electrons. The molecule has 0 unspecified atom stereocenters. The third-order valence-corrected chi connectivity index (χ3v) is 3.53. The summed E-state index contributed by atoms with van der Waals surface area (Å²) in [5, 5.41) is 0. The molecule has 0 heterocycles.